The molecule has 120 valence electrons. The van der Waals surface area contributed by atoms with E-state index < -0.39 is 0 Å². The largest absolute Gasteiger partial charge is 0.359 e. The lowest BCUT2D eigenvalue weighted by Crippen LogP contribution is -3.06. The number of amides is 1. The number of carbonyl (C=O) groups is 1. The van der Waals surface area contributed by atoms with Gasteiger partial charge in [-0.15, -0.1) is 0 Å². The molecular weight excluding hydrogens is 294 g/mol. The highest BCUT2D eigenvalue weighted by molar-refractivity contribution is 7.80. The van der Waals surface area contributed by atoms with Crippen LogP contribution in [-0.2, 0) is 0 Å². The van der Waals surface area contributed by atoms with Gasteiger partial charge in [0, 0.05) is 24.4 Å². The smallest absolute Gasteiger partial charge is 0.257 e. The van der Waals surface area contributed by atoms with E-state index in [0.717, 1.165) is 12.8 Å². The number of hydrogen-bond donors (Lipinski definition) is 3. The van der Waals surface area contributed by atoms with Crippen LogP contribution in [0.4, 0.5) is 0 Å². The van der Waals surface area contributed by atoms with Gasteiger partial charge in [0.2, 0.25) is 0 Å². The lowest BCUT2D eigenvalue weighted by Gasteiger charge is -2.43. The van der Waals surface area contributed by atoms with Crippen LogP contribution >= 0.6 is 12.2 Å². The molecule has 22 heavy (non-hydrogen) atoms. The lowest BCUT2D eigenvalue weighted by atomic mass is 9.80. The van der Waals surface area contributed by atoms with Gasteiger partial charge >= 0.3 is 0 Å². The van der Waals surface area contributed by atoms with Gasteiger partial charge in [0.15, 0.2) is 5.11 Å². The summed E-state index contributed by atoms with van der Waals surface area (Å²) in [6.07, 6.45) is 2.02. The predicted octanol–water partition coefficient (Wildman–Crippen LogP) is 1.57. The summed E-state index contributed by atoms with van der Waals surface area (Å²) in [5, 5.41) is 8.91. The maximum Gasteiger partial charge on any atom is 0.257 e. The minimum absolute atomic E-state index is 0.165. The third kappa shape index (κ3) is 4.78. The molecular formula is C17H26N3OS+. The molecule has 1 saturated heterocycles. The van der Waals surface area contributed by atoms with Crippen molar-refractivity contribution in [3.05, 3.63) is 35.9 Å². The first kappa shape index (κ1) is 16.9. The molecule has 0 spiro atoms. The molecule has 0 radical (unpaired) electrons. The summed E-state index contributed by atoms with van der Waals surface area (Å²) in [7, 11) is 0. The Kier molecular flexibility index (Phi) is 4.87. The monoisotopic (exact) mass is 320 g/mol. The van der Waals surface area contributed by atoms with Gasteiger partial charge in [0.25, 0.3) is 5.91 Å². The van der Waals surface area contributed by atoms with Crippen LogP contribution in [0.5, 0.6) is 0 Å². The summed E-state index contributed by atoms with van der Waals surface area (Å²) in [4.78, 5) is 12.1. The van der Waals surface area contributed by atoms with E-state index in [1.165, 1.54) is 0 Å². The second-order valence-electron chi connectivity index (χ2n) is 7.52. The van der Waals surface area contributed by atoms with E-state index in [0.29, 0.717) is 10.7 Å². The first-order valence-electron chi connectivity index (χ1n) is 7.71. The molecule has 1 amide bonds. The van der Waals surface area contributed by atoms with Crippen molar-refractivity contribution in [1.29, 1.82) is 0 Å². The number of rotatable bonds is 2. The zero-order chi connectivity index (χ0) is 16.4. The summed E-state index contributed by atoms with van der Waals surface area (Å²) >= 11 is 5.31. The fourth-order valence-electron chi connectivity index (χ4n) is 3.61. The van der Waals surface area contributed by atoms with Crippen LogP contribution in [0.2, 0.25) is 0 Å². The van der Waals surface area contributed by atoms with Gasteiger partial charge in [0.1, 0.15) is 0 Å². The topological polar surface area (TPSA) is 57.7 Å². The molecule has 1 aromatic carbocycles. The Labute approximate surface area is 138 Å². The first-order valence-corrected chi connectivity index (χ1v) is 8.12. The molecule has 1 heterocycles. The lowest BCUT2D eigenvalue weighted by molar-refractivity contribution is -0.787. The summed E-state index contributed by atoms with van der Waals surface area (Å²) < 4.78 is 0. The molecule has 2 rings (SSSR count). The van der Waals surface area contributed by atoms with E-state index >= 15 is 0 Å². The summed E-state index contributed by atoms with van der Waals surface area (Å²) in [5.41, 5.74) is 0.945. The van der Waals surface area contributed by atoms with Crippen molar-refractivity contribution in [2.75, 3.05) is 0 Å². The Balaban J connectivity index is 1.93. The van der Waals surface area contributed by atoms with Crippen molar-refractivity contribution >= 4 is 23.2 Å². The van der Waals surface area contributed by atoms with E-state index in [-0.39, 0.29) is 23.0 Å². The molecule has 1 aromatic rings. The van der Waals surface area contributed by atoms with Gasteiger partial charge in [-0.05, 0) is 52.0 Å². The van der Waals surface area contributed by atoms with Crippen molar-refractivity contribution in [2.45, 2.75) is 57.7 Å². The van der Waals surface area contributed by atoms with Crippen LogP contribution in [0.3, 0.4) is 0 Å². The highest BCUT2D eigenvalue weighted by Crippen LogP contribution is 2.21. The van der Waals surface area contributed by atoms with Gasteiger partial charge < -0.3 is 10.6 Å². The highest BCUT2D eigenvalue weighted by atomic mass is 32.1. The molecule has 4 N–H and O–H groups in total. The average molecular weight is 320 g/mol. The Morgan fingerprint density at radius 2 is 1.68 bits per heavy atom. The van der Waals surface area contributed by atoms with Gasteiger partial charge in [0.05, 0.1) is 11.1 Å². The van der Waals surface area contributed by atoms with Crippen molar-refractivity contribution in [3.63, 3.8) is 0 Å². The standard InChI is InChI=1S/C17H25N3OS/c1-16(2)10-13(11-17(3,4)20-16)18-15(22)19-14(21)12-8-6-5-7-9-12/h5-9,13,20H,10-11H2,1-4H3,(H2,18,19,21,22)/p+1. The Morgan fingerprint density at radius 3 is 2.23 bits per heavy atom. The Bertz CT molecular complexity index is 538. The van der Waals surface area contributed by atoms with Crippen molar-refractivity contribution in [1.82, 2.24) is 10.6 Å². The third-order valence-corrected chi connectivity index (χ3v) is 4.14. The fraction of sp³-hybridized carbons (Fsp3) is 0.529. The van der Waals surface area contributed by atoms with E-state index in [9.17, 15) is 4.79 Å². The van der Waals surface area contributed by atoms with Crippen LogP contribution < -0.4 is 16.0 Å². The first-order chi connectivity index (χ1) is 10.2. The second kappa shape index (κ2) is 6.34. The van der Waals surface area contributed by atoms with Crippen LogP contribution in [0.15, 0.2) is 30.3 Å². The molecule has 1 aliphatic heterocycles. The molecule has 0 unspecified atom stereocenters. The van der Waals surface area contributed by atoms with E-state index in [4.69, 9.17) is 12.2 Å². The maximum absolute atomic E-state index is 12.1. The normalized spacial score (nSPS) is 20.2. The minimum Gasteiger partial charge on any atom is -0.359 e. The SMILES string of the molecule is CC1(C)CC(NC(=S)NC(=O)c2ccccc2)CC(C)(C)[NH2+]1. The highest BCUT2D eigenvalue weighted by Gasteiger charge is 2.41. The van der Waals surface area contributed by atoms with Gasteiger partial charge in [-0.2, -0.15) is 0 Å². The molecule has 1 aliphatic rings. The van der Waals surface area contributed by atoms with Crippen LogP contribution in [0.1, 0.15) is 50.9 Å². The number of piperidine rings is 1. The molecule has 4 nitrogen and oxygen atoms in total. The molecule has 0 aromatic heterocycles. The predicted molar refractivity (Wildman–Crippen MR) is 92.7 cm³/mol. The minimum atomic E-state index is -0.168. The molecule has 0 saturated carbocycles. The van der Waals surface area contributed by atoms with Crippen molar-refractivity contribution < 1.29 is 10.1 Å². The molecule has 0 atom stereocenters. The van der Waals surface area contributed by atoms with Gasteiger partial charge in [-0.1, -0.05) is 18.2 Å². The Morgan fingerprint density at radius 1 is 1.14 bits per heavy atom. The van der Waals surface area contributed by atoms with E-state index in [1.54, 1.807) is 12.1 Å². The zero-order valence-electron chi connectivity index (χ0n) is 13.8. The van der Waals surface area contributed by atoms with Crippen LogP contribution in [-0.4, -0.2) is 28.1 Å². The average Bonchev–Trinajstić information content (AvgIpc) is 2.35. The summed E-state index contributed by atoms with van der Waals surface area (Å²) in [6, 6.07) is 9.40. The number of hydrogen-bond acceptors (Lipinski definition) is 2. The Hall–Kier alpha value is -1.46. The second-order valence-corrected chi connectivity index (χ2v) is 7.93. The van der Waals surface area contributed by atoms with Gasteiger partial charge in [-0.25, -0.2) is 0 Å². The van der Waals surface area contributed by atoms with Crippen molar-refractivity contribution in [3.8, 4) is 0 Å². The third-order valence-electron chi connectivity index (χ3n) is 3.92. The number of quaternary nitrogens is 1. The number of thiocarbonyl (C=S) groups is 1. The zero-order valence-corrected chi connectivity index (χ0v) is 14.6. The van der Waals surface area contributed by atoms with Crippen molar-refractivity contribution in [2.24, 2.45) is 0 Å². The van der Waals surface area contributed by atoms with Gasteiger partial charge in [-0.3, -0.25) is 10.1 Å². The van der Waals surface area contributed by atoms with E-state index in [2.05, 4.69) is 43.6 Å². The number of carbonyl (C=O) groups excluding carboxylic acids is 1. The molecule has 0 bridgehead atoms. The molecule has 5 heteroatoms. The number of nitrogens with two attached hydrogens (primary N) is 1. The summed E-state index contributed by atoms with van der Waals surface area (Å²) in [5.74, 6) is -0.168. The van der Waals surface area contributed by atoms with Crippen LogP contribution in [0.25, 0.3) is 0 Å². The number of nitrogens with one attached hydrogen (secondary N) is 2. The fourth-order valence-corrected chi connectivity index (χ4v) is 3.87. The number of benzene rings is 1. The van der Waals surface area contributed by atoms with Crippen LogP contribution in [0, 0.1) is 0 Å². The van der Waals surface area contributed by atoms with E-state index in [1.807, 2.05) is 18.2 Å². The molecule has 0 aliphatic carbocycles. The quantitative estimate of drug-likeness (QED) is 0.725. The molecule has 1 fully saturated rings. The maximum atomic E-state index is 12.1. The summed E-state index contributed by atoms with van der Waals surface area (Å²) in [6.45, 7) is 8.98.